The Morgan fingerprint density at radius 2 is 1.67 bits per heavy atom. The summed E-state index contributed by atoms with van der Waals surface area (Å²) in [5, 5.41) is 9.67. The van der Waals surface area contributed by atoms with Crippen molar-refractivity contribution in [3.8, 4) is 5.75 Å². The molecule has 1 aliphatic rings. The average Bonchev–Trinajstić information content (AvgIpc) is 2.77. The Hall–Kier alpha value is -1.87. The standard InChI is InChI=1S/C15H14FNO/c16-14-7-3-6-13(15(14)18)10-17-8-11-4-1-2-5-12(11)9-17/h1-7,18H,8-10H2. The van der Waals surface area contributed by atoms with Crippen LogP contribution in [0.5, 0.6) is 5.75 Å². The first-order valence-corrected chi connectivity index (χ1v) is 5.99. The van der Waals surface area contributed by atoms with Crippen LogP contribution in [0.2, 0.25) is 0 Å². The van der Waals surface area contributed by atoms with Gasteiger partial charge < -0.3 is 5.11 Å². The lowest BCUT2D eigenvalue weighted by Crippen LogP contribution is -2.15. The van der Waals surface area contributed by atoms with E-state index in [1.165, 1.54) is 17.2 Å². The Bertz CT molecular complexity index is 557. The van der Waals surface area contributed by atoms with Gasteiger partial charge in [-0.3, -0.25) is 4.90 Å². The van der Waals surface area contributed by atoms with E-state index in [0.717, 1.165) is 13.1 Å². The molecule has 2 aromatic rings. The van der Waals surface area contributed by atoms with Gasteiger partial charge in [-0.25, -0.2) is 4.39 Å². The van der Waals surface area contributed by atoms with Crippen LogP contribution in [0.1, 0.15) is 16.7 Å². The normalized spacial score (nSPS) is 14.7. The molecule has 0 saturated heterocycles. The summed E-state index contributed by atoms with van der Waals surface area (Å²) in [7, 11) is 0. The fraction of sp³-hybridized carbons (Fsp3) is 0.200. The van der Waals surface area contributed by atoms with Crippen molar-refractivity contribution in [1.82, 2.24) is 4.90 Å². The number of rotatable bonds is 2. The molecule has 3 rings (SSSR count). The van der Waals surface area contributed by atoms with Crippen LogP contribution in [0.25, 0.3) is 0 Å². The Balaban J connectivity index is 1.78. The number of aromatic hydroxyl groups is 1. The van der Waals surface area contributed by atoms with Gasteiger partial charge in [-0.1, -0.05) is 36.4 Å². The molecule has 92 valence electrons. The van der Waals surface area contributed by atoms with Crippen LogP contribution in [0.15, 0.2) is 42.5 Å². The predicted molar refractivity (Wildman–Crippen MR) is 67.5 cm³/mol. The second-order valence-electron chi connectivity index (χ2n) is 4.66. The second kappa shape index (κ2) is 4.42. The molecule has 0 aromatic heterocycles. The molecule has 3 heteroatoms. The molecule has 1 N–H and O–H groups in total. The van der Waals surface area contributed by atoms with Crippen LogP contribution < -0.4 is 0 Å². The summed E-state index contributed by atoms with van der Waals surface area (Å²) < 4.78 is 13.2. The van der Waals surface area contributed by atoms with E-state index >= 15 is 0 Å². The van der Waals surface area contributed by atoms with E-state index in [2.05, 4.69) is 17.0 Å². The van der Waals surface area contributed by atoms with Gasteiger partial charge in [-0.2, -0.15) is 0 Å². The van der Waals surface area contributed by atoms with E-state index in [-0.39, 0.29) is 5.75 Å². The van der Waals surface area contributed by atoms with Crippen LogP contribution in [-0.2, 0) is 19.6 Å². The number of halogens is 1. The Morgan fingerprint density at radius 3 is 2.33 bits per heavy atom. The van der Waals surface area contributed by atoms with Gasteiger partial charge in [0.2, 0.25) is 0 Å². The molecular formula is C15H14FNO. The number of phenols is 1. The van der Waals surface area contributed by atoms with Gasteiger partial charge in [0, 0.05) is 25.2 Å². The lowest BCUT2D eigenvalue weighted by atomic mass is 10.1. The monoisotopic (exact) mass is 243 g/mol. The number of hydrogen-bond donors (Lipinski definition) is 1. The van der Waals surface area contributed by atoms with Crippen molar-refractivity contribution < 1.29 is 9.50 Å². The van der Waals surface area contributed by atoms with E-state index < -0.39 is 5.82 Å². The third-order valence-electron chi connectivity index (χ3n) is 3.37. The maximum absolute atomic E-state index is 13.2. The second-order valence-corrected chi connectivity index (χ2v) is 4.66. The first-order valence-electron chi connectivity index (χ1n) is 5.99. The Labute approximate surface area is 105 Å². The molecule has 1 aliphatic heterocycles. The molecule has 0 aliphatic carbocycles. The fourth-order valence-electron chi connectivity index (χ4n) is 2.44. The number of hydrogen-bond acceptors (Lipinski definition) is 2. The highest BCUT2D eigenvalue weighted by Gasteiger charge is 2.19. The summed E-state index contributed by atoms with van der Waals surface area (Å²) in [6.45, 7) is 2.27. The Morgan fingerprint density at radius 1 is 1.00 bits per heavy atom. The molecule has 0 amide bonds. The summed E-state index contributed by atoms with van der Waals surface area (Å²) in [6.07, 6.45) is 0. The highest BCUT2D eigenvalue weighted by molar-refractivity contribution is 5.35. The summed E-state index contributed by atoms with van der Waals surface area (Å²) in [5.41, 5.74) is 3.27. The summed E-state index contributed by atoms with van der Waals surface area (Å²) in [5.74, 6) is -0.780. The molecule has 0 fully saturated rings. The van der Waals surface area contributed by atoms with Crippen LogP contribution >= 0.6 is 0 Å². The number of phenolic OH excluding ortho intramolecular Hbond substituents is 1. The van der Waals surface area contributed by atoms with E-state index in [9.17, 15) is 9.50 Å². The van der Waals surface area contributed by atoms with E-state index in [1.807, 2.05) is 12.1 Å². The van der Waals surface area contributed by atoms with Gasteiger partial charge in [0.1, 0.15) is 0 Å². The number of benzene rings is 2. The van der Waals surface area contributed by atoms with Crippen molar-refractivity contribution in [2.45, 2.75) is 19.6 Å². The molecular weight excluding hydrogens is 229 g/mol. The summed E-state index contributed by atoms with van der Waals surface area (Å²) in [6, 6.07) is 13.0. The fourth-order valence-corrected chi connectivity index (χ4v) is 2.44. The molecule has 0 saturated carbocycles. The average molecular weight is 243 g/mol. The third kappa shape index (κ3) is 1.97. The van der Waals surface area contributed by atoms with Crippen molar-refractivity contribution in [3.05, 3.63) is 65.0 Å². The molecule has 18 heavy (non-hydrogen) atoms. The first kappa shape index (κ1) is 11.2. The predicted octanol–water partition coefficient (Wildman–Crippen LogP) is 3.05. The van der Waals surface area contributed by atoms with Crippen molar-refractivity contribution in [2.24, 2.45) is 0 Å². The highest BCUT2D eigenvalue weighted by Crippen LogP contribution is 2.27. The third-order valence-corrected chi connectivity index (χ3v) is 3.37. The van der Waals surface area contributed by atoms with Gasteiger partial charge in [-0.15, -0.1) is 0 Å². The smallest absolute Gasteiger partial charge is 0.165 e. The number of fused-ring (bicyclic) bond motifs is 1. The van der Waals surface area contributed by atoms with E-state index in [1.54, 1.807) is 12.1 Å². The molecule has 1 heterocycles. The van der Waals surface area contributed by atoms with E-state index in [0.29, 0.717) is 12.1 Å². The van der Waals surface area contributed by atoms with Crippen LogP contribution in [-0.4, -0.2) is 10.0 Å². The van der Waals surface area contributed by atoms with Gasteiger partial charge in [0.25, 0.3) is 0 Å². The van der Waals surface area contributed by atoms with E-state index in [4.69, 9.17) is 0 Å². The quantitative estimate of drug-likeness (QED) is 0.876. The van der Waals surface area contributed by atoms with Crippen molar-refractivity contribution in [3.63, 3.8) is 0 Å². The zero-order chi connectivity index (χ0) is 12.5. The largest absolute Gasteiger partial charge is 0.505 e. The molecule has 2 nitrogen and oxygen atoms in total. The topological polar surface area (TPSA) is 23.5 Å². The number of nitrogens with zero attached hydrogens (tertiary/aromatic N) is 1. The zero-order valence-corrected chi connectivity index (χ0v) is 9.94. The lowest BCUT2D eigenvalue weighted by Gasteiger charge is -2.15. The molecule has 0 spiro atoms. The van der Waals surface area contributed by atoms with Crippen molar-refractivity contribution in [2.75, 3.05) is 0 Å². The maximum atomic E-state index is 13.2. The molecule has 0 unspecified atom stereocenters. The van der Waals surface area contributed by atoms with Gasteiger partial charge in [-0.05, 0) is 17.2 Å². The first-order chi connectivity index (χ1) is 8.74. The van der Waals surface area contributed by atoms with Crippen LogP contribution in [0.4, 0.5) is 4.39 Å². The van der Waals surface area contributed by atoms with Crippen molar-refractivity contribution >= 4 is 0 Å². The minimum absolute atomic E-state index is 0.228. The van der Waals surface area contributed by atoms with Crippen molar-refractivity contribution in [1.29, 1.82) is 0 Å². The minimum Gasteiger partial charge on any atom is -0.505 e. The summed E-state index contributed by atoms with van der Waals surface area (Å²) in [4.78, 5) is 2.19. The summed E-state index contributed by atoms with van der Waals surface area (Å²) >= 11 is 0. The lowest BCUT2D eigenvalue weighted by molar-refractivity contribution is 0.269. The highest BCUT2D eigenvalue weighted by atomic mass is 19.1. The number of para-hydroxylation sites is 1. The van der Waals surface area contributed by atoms with Gasteiger partial charge in [0.05, 0.1) is 0 Å². The molecule has 2 aromatic carbocycles. The van der Waals surface area contributed by atoms with Crippen LogP contribution in [0.3, 0.4) is 0 Å². The van der Waals surface area contributed by atoms with Gasteiger partial charge in [0.15, 0.2) is 11.6 Å². The maximum Gasteiger partial charge on any atom is 0.165 e. The SMILES string of the molecule is Oc1c(F)cccc1CN1Cc2ccccc2C1. The minimum atomic E-state index is -0.552. The molecule has 0 radical (unpaired) electrons. The van der Waals surface area contributed by atoms with Gasteiger partial charge >= 0.3 is 0 Å². The van der Waals surface area contributed by atoms with Crippen LogP contribution in [0, 0.1) is 5.82 Å². The Kier molecular flexibility index (Phi) is 2.76. The molecule has 0 bridgehead atoms. The zero-order valence-electron chi connectivity index (χ0n) is 9.94. The molecule has 0 atom stereocenters.